The van der Waals surface area contributed by atoms with Gasteiger partial charge in [0.1, 0.15) is 5.78 Å². The average molecular weight is 362 g/mol. The van der Waals surface area contributed by atoms with Gasteiger partial charge < -0.3 is 0 Å². The predicted octanol–water partition coefficient (Wildman–Crippen LogP) is 4.87. The molecular formula is C22H18O3S. The average Bonchev–Trinajstić information content (AvgIpc) is 2.68. The maximum absolute atomic E-state index is 13.2. The highest BCUT2D eigenvalue weighted by molar-refractivity contribution is 8.04. The van der Waals surface area contributed by atoms with Crippen LogP contribution in [0.1, 0.15) is 46.4 Å². The zero-order chi connectivity index (χ0) is 18.1. The van der Waals surface area contributed by atoms with Gasteiger partial charge in [0, 0.05) is 33.9 Å². The van der Waals surface area contributed by atoms with Gasteiger partial charge in [-0.3, -0.25) is 14.4 Å². The first kappa shape index (κ1) is 17.0. The van der Waals surface area contributed by atoms with Crippen molar-refractivity contribution in [1.29, 1.82) is 0 Å². The molecule has 2 aliphatic carbocycles. The summed E-state index contributed by atoms with van der Waals surface area (Å²) in [6.07, 6.45) is 2.91. The smallest absolute Gasteiger partial charge is 0.200 e. The van der Waals surface area contributed by atoms with Gasteiger partial charge in [0.25, 0.3) is 0 Å². The SMILES string of the molecule is O=C1C(Sc2ccccc2)=C(C2CCCCC2=O)C(=O)c2ccccc21. The quantitative estimate of drug-likeness (QED) is 0.781. The van der Waals surface area contributed by atoms with Crippen LogP contribution in [0.25, 0.3) is 0 Å². The first-order valence-electron chi connectivity index (χ1n) is 8.85. The predicted molar refractivity (Wildman–Crippen MR) is 101 cm³/mol. The van der Waals surface area contributed by atoms with Crippen molar-refractivity contribution in [3.63, 3.8) is 0 Å². The van der Waals surface area contributed by atoms with Crippen LogP contribution >= 0.6 is 11.8 Å². The first-order valence-corrected chi connectivity index (χ1v) is 9.66. The van der Waals surface area contributed by atoms with Gasteiger partial charge in [-0.15, -0.1) is 0 Å². The summed E-state index contributed by atoms with van der Waals surface area (Å²) >= 11 is 1.30. The summed E-state index contributed by atoms with van der Waals surface area (Å²) < 4.78 is 0. The molecule has 0 amide bonds. The van der Waals surface area contributed by atoms with E-state index in [1.54, 1.807) is 24.3 Å². The second-order valence-electron chi connectivity index (χ2n) is 6.63. The van der Waals surface area contributed by atoms with Crippen LogP contribution in [-0.2, 0) is 4.79 Å². The Bertz CT molecular complexity index is 927. The second kappa shape index (κ2) is 7.04. The van der Waals surface area contributed by atoms with Gasteiger partial charge >= 0.3 is 0 Å². The fourth-order valence-corrected chi connectivity index (χ4v) is 4.76. The highest BCUT2D eigenvalue weighted by Gasteiger charge is 2.39. The lowest BCUT2D eigenvalue weighted by atomic mass is 9.76. The fraction of sp³-hybridized carbons (Fsp3) is 0.227. The van der Waals surface area contributed by atoms with E-state index in [0.717, 1.165) is 17.7 Å². The van der Waals surface area contributed by atoms with Crippen molar-refractivity contribution in [3.8, 4) is 0 Å². The summed E-state index contributed by atoms with van der Waals surface area (Å²) in [5.74, 6) is -0.695. The van der Waals surface area contributed by atoms with Gasteiger partial charge in [-0.1, -0.05) is 60.6 Å². The Morgan fingerprint density at radius 2 is 1.42 bits per heavy atom. The third-order valence-electron chi connectivity index (χ3n) is 4.98. The van der Waals surface area contributed by atoms with E-state index in [1.165, 1.54) is 11.8 Å². The molecule has 130 valence electrons. The van der Waals surface area contributed by atoms with E-state index in [4.69, 9.17) is 0 Å². The molecule has 4 heteroatoms. The van der Waals surface area contributed by atoms with Crippen LogP contribution in [0.3, 0.4) is 0 Å². The van der Waals surface area contributed by atoms with Crippen LogP contribution in [0, 0.1) is 5.92 Å². The number of Topliss-reactive ketones (excluding diaryl/α,β-unsaturated/α-hetero) is 3. The number of carbonyl (C=O) groups excluding carboxylic acids is 3. The van der Waals surface area contributed by atoms with E-state index in [9.17, 15) is 14.4 Å². The molecule has 0 N–H and O–H groups in total. The second-order valence-corrected chi connectivity index (χ2v) is 7.71. The van der Waals surface area contributed by atoms with E-state index >= 15 is 0 Å². The number of ketones is 3. The Labute approximate surface area is 156 Å². The number of thioether (sulfide) groups is 1. The molecule has 1 atom stereocenters. The topological polar surface area (TPSA) is 51.2 Å². The maximum Gasteiger partial charge on any atom is 0.200 e. The van der Waals surface area contributed by atoms with Crippen molar-refractivity contribution in [2.75, 3.05) is 0 Å². The standard InChI is InChI=1S/C22H18O3S/c23-18-13-7-6-12-17(18)19-20(24)15-10-4-5-11-16(15)21(25)22(19)26-14-8-2-1-3-9-14/h1-5,8-11,17H,6-7,12-13H2. The zero-order valence-corrected chi connectivity index (χ0v) is 15.1. The lowest BCUT2D eigenvalue weighted by Crippen LogP contribution is -2.31. The van der Waals surface area contributed by atoms with Crippen molar-refractivity contribution in [3.05, 3.63) is 76.2 Å². The molecule has 1 unspecified atom stereocenters. The van der Waals surface area contributed by atoms with Gasteiger partial charge in [-0.25, -0.2) is 0 Å². The molecule has 4 rings (SSSR count). The minimum atomic E-state index is -0.459. The molecule has 0 heterocycles. The highest BCUT2D eigenvalue weighted by Crippen LogP contribution is 2.42. The lowest BCUT2D eigenvalue weighted by molar-refractivity contribution is -0.123. The van der Waals surface area contributed by atoms with Crippen LogP contribution in [0.4, 0.5) is 0 Å². The molecule has 0 aromatic heterocycles. The number of rotatable bonds is 3. The molecule has 2 aromatic carbocycles. The van der Waals surface area contributed by atoms with Crippen LogP contribution in [0.15, 0.2) is 70.0 Å². The Morgan fingerprint density at radius 1 is 0.769 bits per heavy atom. The molecule has 0 saturated heterocycles. The van der Waals surface area contributed by atoms with Gasteiger partial charge in [-0.05, 0) is 25.0 Å². The molecule has 26 heavy (non-hydrogen) atoms. The number of carbonyl (C=O) groups is 3. The number of hydrogen-bond donors (Lipinski definition) is 0. The van der Waals surface area contributed by atoms with Crippen molar-refractivity contribution >= 4 is 29.1 Å². The maximum atomic E-state index is 13.2. The van der Waals surface area contributed by atoms with Crippen LogP contribution < -0.4 is 0 Å². The van der Waals surface area contributed by atoms with Crippen LogP contribution in [-0.4, -0.2) is 17.3 Å². The Hall–Kier alpha value is -2.46. The Balaban J connectivity index is 1.86. The monoisotopic (exact) mass is 362 g/mol. The molecule has 0 aliphatic heterocycles. The molecule has 3 nitrogen and oxygen atoms in total. The Kier molecular flexibility index (Phi) is 4.60. The van der Waals surface area contributed by atoms with E-state index in [-0.39, 0.29) is 17.3 Å². The fourth-order valence-electron chi connectivity index (χ4n) is 3.68. The summed E-state index contributed by atoms with van der Waals surface area (Å²) in [4.78, 5) is 40.3. The normalized spacial score (nSPS) is 20.3. The Morgan fingerprint density at radius 3 is 2.12 bits per heavy atom. The largest absolute Gasteiger partial charge is 0.299 e. The summed E-state index contributed by atoms with van der Waals surface area (Å²) in [5.41, 5.74) is 1.26. The van der Waals surface area contributed by atoms with Crippen molar-refractivity contribution in [2.45, 2.75) is 30.6 Å². The molecule has 2 aromatic rings. The van der Waals surface area contributed by atoms with E-state index < -0.39 is 5.92 Å². The van der Waals surface area contributed by atoms with Crippen LogP contribution in [0.2, 0.25) is 0 Å². The number of hydrogen-bond acceptors (Lipinski definition) is 4. The molecule has 2 aliphatic rings. The number of allylic oxidation sites excluding steroid dienone is 2. The minimum Gasteiger partial charge on any atom is -0.299 e. The molecular weight excluding hydrogens is 344 g/mol. The number of benzene rings is 2. The molecule has 1 saturated carbocycles. The van der Waals surface area contributed by atoms with E-state index in [1.807, 2.05) is 30.3 Å². The third-order valence-corrected chi connectivity index (χ3v) is 6.10. The summed E-state index contributed by atoms with van der Waals surface area (Å²) in [6.45, 7) is 0. The van der Waals surface area contributed by atoms with Gasteiger partial charge in [-0.2, -0.15) is 0 Å². The third kappa shape index (κ3) is 2.95. The molecule has 1 fully saturated rings. The van der Waals surface area contributed by atoms with Crippen molar-refractivity contribution < 1.29 is 14.4 Å². The van der Waals surface area contributed by atoms with Crippen molar-refractivity contribution in [1.82, 2.24) is 0 Å². The summed E-state index contributed by atoms with van der Waals surface area (Å²) in [7, 11) is 0. The highest BCUT2D eigenvalue weighted by atomic mass is 32.2. The molecule has 0 radical (unpaired) electrons. The lowest BCUT2D eigenvalue weighted by Gasteiger charge is -2.28. The van der Waals surface area contributed by atoms with Gasteiger partial charge in [0.15, 0.2) is 5.78 Å². The summed E-state index contributed by atoms with van der Waals surface area (Å²) in [5, 5.41) is 0. The zero-order valence-electron chi connectivity index (χ0n) is 14.2. The molecule has 0 bridgehead atoms. The minimum absolute atomic E-state index is 0.0814. The van der Waals surface area contributed by atoms with Gasteiger partial charge in [0.05, 0.1) is 4.91 Å². The molecule has 0 spiro atoms. The van der Waals surface area contributed by atoms with E-state index in [0.29, 0.717) is 34.4 Å². The van der Waals surface area contributed by atoms with Gasteiger partial charge in [0.2, 0.25) is 5.78 Å². The van der Waals surface area contributed by atoms with E-state index in [2.05, 4.69) is 0 Å². The van der Waals surface area contributed by atoms with Crippen molar-refractivity contribution in [2.24, 2.45) is 5.92 Å². The first-order chi connectivity index (χ1) is 12.7. The van der Waals surface area contributed by atoms with Crippen LogP contribution in [0.5, 0.6) is 0 Å². The number of fused-ring (bicyclic) bond motifs is 1. The summed E-state index contributed by atoms with van der Waals surface area (Å²) in [6, 6.07) is 16.5.